The summed E-state index contributed by atoms with van der Waals surface area (Å²) in [5.74, 6) is 0. The number of methoxy groups -OCH3 is 1. The van der Waals surface area contributed by atoms with Gasteiger partial charge >= 0.3 is 0 Å². The minimum Gasteiger partial charge on any atom is -0.378 e. The number of ether oxygens (including phenoxy) is 1. The standard InChI is InChI=1S/C12H25NO2/c1-7-12(15-6)8-10(2,3)13(14)11(4,5)9-12/h14H,7-9H2,1-6H3. The average Bonchev–Trinajstić information content (AvgIpc) is 2.13. The third-order valence-electron chi connectivity index (χ3n) is 3.73. The minimum atomic E-state index is -0.228. The van der Waals surface area contributed by atoms with Crippen LogP contribution in [-0.2, 0) is 4.74 Å². The van der Waals surface area contributed by atoms with Gasteiger partial charge in [0.05, 0.1) is 5.60 Å². The van der Waals surface area contributed by atoms with Gasteiger partial charge in [0.2, 0.25) is 0 Å². The van der Waals surface area contributed by atoms with Crippen molar-refractivity contribution in [1.29, 1.82) is 0 Å². The Morgan fingerprint density at radius 1 is 1.13 bits per heavy atom. The van der Waals surface area contributed by atoms with Crippen molar-refractivity contribution in [2.24, 2.45) is 0 Å². The lowest BCUT2D eigenvalue weighted by molar-refractivity contribution is -0.278. The Morgan fingerprint density at radius 3 is 1.80 bits per heavy atom. The summed E-state index contributed by atoms with van der Waals surface area (Å²) in [5.41, 5.74) is -0.548. The Labute approximate surface area is 93.4 Å². The van der Waals surface area contributed by atoms with Gasteiger partial charge in [0.1, 0.15) is 0 Å². The van der Waals surface area contributed by atoms with Crippen molar-refractivity contribution < 1.29 is 9.94 Å². The van der Waals surface area contributed by atoms with E-state index in [0.717, 1.165) is 19.3 Å². The molecule has 90 valence electrons. The first-order valence-electron chi connectivity index (χ1n) is 5.73. The molecule has 0 spiro atoms. The number of piperidine rings is 1. The van der Waals surface area contributed by atoms with E-state index >= 15 is 0 Å². The quantitative estimate of drug-likeness (QED) is 0.769. The summed E-state index contributed by atoms with van der Waals surface area (Å²) in [7, 11) is 1.78. The lowest BCUT2D eigenvalue weighted by Gasteiger charge is -2.55. The summed E-state index contributed by atoms with van der Waals surface area (Å²) in [6.45, 7) is 10.4. The fourth-order valence-electron chi connectivity index (χ4n) is 3.15. The predicted molar refractivity (Wildman–Crippen MR) is 61.0 cm³/mol. The monoisotopic (exact) mass is 215 g/mol. The lowest BCUT2D eigenvalue weighted by Crippen LogP contribution is -2.64. The van der Waals surface area contributed by atoms with Crippen LogP contribution in [0.25, 0.3) is 0 Å². The molecular formula is C12H25NO2. The number of nitrogens with zero attached hydrogens (tertiary/aromatic N) is 1. The Bertz CT molecular complexity index is 212. The molecule has 0 aromatic heterocycles. The number of hydrogen-bond donors (Lipinski definition) is 1. The number of rotatable bonds is 2. The predicted octanol–water partition coefficient (Wildman–Crippen LogP) is 2.82. The van der Waals surface area contributed by atoms with Crippen molar-refractivity contribution in [3.8, 4) is 0 Å². The highest BCUT2D eigenvalue weighted by atomic mass is 16.5. The summed E-state index contributed by atoms with van der Waals surface area (Å²) < 4.78 is 5.71. The molecule has 0 atom stereocenters. The van der Waals surface area contributed by atoms with Gasteiger partial charge in [0, 0.05) is 18.2 Å². The Morgan fingerprint density at radius 2 is 1.53 bits per heavy atom. The van der Waals surface area contributed by atoms with E-state index in [2.05, 4.69) is 34.6 Å². The molecule has 3 heteroatoms. The van der Waals surface area contributed by atoms with E-state index in [0.29, 0.717) is 0 Å². The zero-order valence-corrected chi connectivity index (χ0v) is 10.9. The second kappa shape index (κ2) is 3.72. The van der Waals surface area contributed by atoms with E-state index in [4.69, 9.17) is 4.74 Å². The molecule has 1 aliphatic rings. The van der Waals surface area contributed by atoms with Gasteiger partial charge < -0.3 is 9.94 Å². The Balaban J connectivity index is 3.02. The maximum absolute atomic E-state index is 10.2. The van der Waals surface area contributed by atoms with Crippen LogP contribution in [0.2, 0.25) is 0 Å². The van der Waals surface area contributed by atoms with Gasteiger partial charge in [-0.25, -0.2) is 0 Å². The van der Waals surface area contributed by atoms with Gasteiger partial charge in [-0.05, 0) is 47.0 Å². The van der Waals surface area contributed by atoms with E-state index in [1.807, 2.05) is 0 Å². The number of hydroxylamine groups is 2. The Kier molecular flexibility index (Phi) is 3.21. The van der Waals surface area contributed by atoms with Gasteiger partial charge in [-0.1, -0.05) is 6.92 Å². The first-order valence-corrected chi connectivity index (χ1v) is 5.73. The largest absolute Gasteiger partial charge is 0.378 e. The van der Waals surface area contributed by atoms with Crippen molar-refractivity contribution in [1.82, 2.24) is 5.06 Å². The van der Waals surface area contributed by atoms with Crippen molar-refractivity contribution in [2.75, 3.05) is 7.11 Å². The van der Waals surface area contributed by atoms with Crippen LogP contribution in [-0.4, -0.2) is 34.1 Å². The molecule has 0 aliphatic carbocycles. The summed E-state index contributed by atoms with van der Waals surface area (Å²) in [6.07, 6.45) is 2.73. The molecule has 3 nitrogen and oxygen atoms in total. The fraction of sp³-hybridized carbons (Fsp3) is 1.00. The molecule has 1 fully saturated rings. The van der Waals surface area contributed by atoms with E-state index in [9.17, 15) is 5.21 Å². The van der Waals surface area contributed by atoms with Crippen LogP contribution in [0.4, 0.5) is 0 Å². The van der Waals surface area contributed by atoms with E-state index in [1.165, 1.54) is 5.06 Å². The molecule has 0 saturated carbocycles. The summed E-state index contributed by atoms with van der Waals surface area (Å²) in [6, 6.07) is 0. The van der Waals surface area contributed by atoms with Crippen molar-refractivity contribution in [3.05, 3.63) is 0 Å². The highest BCUT2D eigenvalue weighted by molar-refractivity contribution is 5.03. The fourth-order valence-corrected chi connectivity index (χ4v) is 3.15. The maximum atomic E-state index is 10.2. The third-order valence-corrected chi connectivity index (χ3v) is 3.73. The molecule has 0 radical (unpaired) electrons. The molecule has 1 aliphatic heterocycles. The molecule has 15 heavy (non-hydrogen) atoms. The van der Waals surface area contributed by atoms with Gasteiger partial charge in [0.25, 0.3) is 0 Å². The molecule has 1 heterocycles. The van der Waals surface area contributed by atoms with E-state index in [-0.39, 0.29) is 16.7 Å². The number of hydrogen-bond acceptors (Lipinski definition) is 3. The second-order valence-corrected chi connectivity index (χ2v) is 6.03. The molecule has 0 aromatic carbocycles. The first kappa shape index (κ1) is 12.9. The molecular weight excluding hydrogens is 190 g/mol. The highest BCUT2D eigenvalue weighted by Crippen LogP contribution is 2.45. The molecule has 0 aromatic rings. The second-order valence-electron chi connectivity index (χ2n) is 6.03. The SMILES string of the molecule is CCC1(OC)CC(C)(C)N(O)C(C)(C)C1. The molecule has 1 rings (SSSR count). The highest BCUT2D eigenvalue weighted by Gasteiger charge is 2.51. The topological polar surface area (TPSA) is 32.7 Å². The average molecular weight is 215 g/mol. The normalized spacial score (nSPS) is 29.0. The summed E-state index contributed by atoms with van der Waals surface area (Å²) >= 11 is 0. The van der Waals surface area contributed by atoms with Crippen LogP contribution in [0, 0.1) is 0 Å². The van der Waals surface area contributed by atoms with Crippen LogP contribution in [0.15, 0.2) is 0 Å². The van der Waals surface area contributed by atoms with Crippen molar-refractivity contribution >= 4 is 0 Å². The van der Waals surface area contributed by atoms with Crippen LogP contribution in [0.3, 0.4) is 0 Å². The van der Waals surface area contributed by atoms with Gasteiger partial charge in [0.15, 0.2) is 0 Å². The molecule has 0 amide bonds. The van der Waals surface area contributed by atoms with E-state index < -0.39 is 0 Å². The van der Waals surface area contributed by atoms with Crippen LogP contribution >= 0.6 is 0 Å². The third kappa shape index (κ3) is 2.19. The summed E-state index contributed by atoms with van der Waals surface area (Å²) in [4.78, 5) is 0. The smallest absolute Gasteiger partial charge is 0.0712 e. The zero-order chi connectivity index (χ0) is 11.9. The van der Waals surface area contributed by atoms with Crippen molar-refractivity contribution in [3.63, 3.8) is 0 Å². The molecule has 1 saturated heterocycles. The molecule has 0 bridgehead atoms. The van der Waals surface area contributed by atoms with Gasteiger partial charge in [-0.15, -0.1) is 0 Å². The molecule has 0 unspecified atom stereocenters. The minimum absolute atomic E-state index is 0.0910. The maximum Gasteiger partial charge on any atom is 0.0712 e. The summed E-state index contributed by atoms with van der Waals surface area (Å²) in [5, 5.41) is 11.7. The van der Waals surface area contributed by atoms with E-state index in [1.54, 1.807) is 7.11 Å². The molecule has 1 N–H and O–H groups in total. The van der Waals surface area contributed by atoms with Crippen LogP contribution in [0.5, 0.6) is 0 Å². The van der Waals surface area contributed by atoms with Crippen LogP contribution in [0.1, 0.15) is 53.9 Å². The van der Waals surface area contributed by atoms with Gasteiger partial charge in [-0.3, -0.25) is 0 Å². The van der Waals surface area contributed by atoms with Crippen molar-refractivity contribution in [2.45, 2.75) is 70.6 Å². The van der Waals surface area contributed by atoms with Crippen LogP contribution < -0.4 is 0 Å². The zero-order valence-electron chi connectivity index (χ0n) is 10.9. The first-order chi connectivity index (χ1) is 6.69. The van der Waals surface area contributed by atoms with Gasteiger partial charge in [-0.2, -0.15) is 5.06 Å². The Hall–Kier alpha value is -0.120. The lowest BCUT2D eigenvalue weighted by atomic mass is 9.71.